The van der Waals surface area contributed by atoms with Crippen molar-refractivity contribution in [3.63, 3.8) is 0 Å². The average molecular weight is 426 g/mol. The number of rotatable bonds is 5. The van der Waals surface area contributed by atoms with Gasteiger partial charge in [-0.3, -0.25) is 4.79 Å². The van der Waals surface area contributed by atoms with Crippen molar-refractivity contribution < 1.29 is 9.90 Å². The summed E-state index contributed by atoms with van der Waals surface area (Å²) in [5.41, 5.74) is 6.27. The van der Waals surface area contributed by atoms with Gasteiger partial charge in [-0.05, 0) is 71.0 Å². The van der Waals surface area contributed by atoms with Gasteiger partial charge in [0.1, 0.15) is 0 Å². The zero-order valence-corrected chi connectivity index (χ0v) is 17.3. The Balaban J connectivity index is 1.69. The number of hydrogen-bond donors (Lipinski definition) is 2. The predicted molar refractivity (Wildman–Crippen MR) is 118 cm³/mol. The molecule has 0 saturated heterocycles. The van der Waals surface area contributed by atoms with Gasteiger partial charge < -0.3 is 10.4 Å². The molecule has 1 amide bonds. The Morgan fingerprint density at radius 3 is 2.66 bits per heavy atom. The van der Waals surface area contributed by atoms with Gasteiger partial charge >= 0.3 is 0 Å². The first-order valence-electron chi connectivity index (χ1n) is 9.64. The summed E-state index contributed by atoms with van der Waals surface area (Å²) in [7, 11) is 0. The molecule has 1 unspecified atom stereocenters. The van der Waals surface area contributed by atoms with Gasteiger partial charge in [0, 0.05) is 28.1 Å². The lowest BCUT2D eigenvalue weighted by Gasteiger charge is -2.16. The van der Waals surface area contributed by atoms with Gasteiger partial charge in [0.2, 0.25) is 0 Å². The van der Waals surface area contributed by atoms with Crippen molar-refractivity contribution in [1.29, 1.82) is 0 Å². The number of hydrogen-bond acceptors (Lipinski definition) is 2. The molecule has 29 heavy (non-hydrogen) atoms. The minimum atomic E-state index is -0.189. The minimum absolute atomic E-state index is 0.0797. The molecule has 0 fully saturated rings. The number of aliphatic hydroxyl groups excluding tert-OH is 1. The van der Waals surface area contributed by atoms with E-state index in [2.05, 4.69) is 23.5 Å². The molecule has 0 aliphatic heterocycles. The molecule has 1 aliphatic carbocycles. The second-order valence-electron chi connectivity index (χ2n) is 7.23. The molecule has 4 rings (SSSR count). The second kappa shape index (κ2) is 8.58. The molecule has 3 nitrogen and oxygen atoms in total. The van der Waals surface area contributed by atoms with E-state index in [1.807, 2.05) is 36.4 Å². The Morgan fingerprint density at radius 2 is 1.83 bits per heavy atom. The maximum atomic E-state index is 12.2. The number of carbonyl (C=O) groups is 1. The molecule has 2 N–H and O–H groups in total. The van der Waals surface area contributed by atoms with Crippen molar-refractivity contribution in [3.05, 3.63) is 93.0 Å². The van der Waals surface area contributed by atoms with Gasteiger partial charge in [0.15, 0.2) is 0 Å². The molecular formula is C24H21Cl2NO2. The highest BCUT2D eigenvalue weighted by Gasteiger charge is 2.26. The molecule has 3 aromatic carbocycles. The van der Waals surface area contributed by atoms with Crippen LogP contribution in [0.2, 0.25) is 10.0 Å². The number of carbonyl (C=O) groups excluding carboxylic acids is 1. The van der Waals surface area contributed by atoms with Crippen molar-refractivity contribution >= 4 is 29.1 Å². The fraction of sp³-hybridized carbons (Fsp3) is 0.208. The van der Waals surface area contributed by atoms with Gasteiger partial charge in [0.25, 0.3) is 5.91 Å². The largest absolute Gasteiger partial charge is 0.395 e. The van der Waals surface area contributed by atoms with E-state index in [1.165, 1.54) is 11.1 Å². The first kappa shape index (κ1) is 20.0. The maximum Gasteiger partial charge on any atom is 0.251 e. The van der Waals surface area contributed by atoms with Crippen LogP contribution in [0.5, 0.6) is 0 Å². The second-order valence-corrected chi connectivity index (χ2v) is 8.07. The van der Waals surface area contributed by atoms with Crippen molar-refractivity contribution in [2.45, 2.75) is 18.8 Å². The molecular weight excluding hydrogens is 405 g/mol. The predicted octanol–water partition coefficient (Wildman–Crippen LogP) is 5.46. The van der Waals surface area contributed by atoms with Gasteiger partial charge in [-0.15, -0.1) is 0 Å². The van der Waals surface area contributed by atoms with Crippen LogP contribution in [-0.2, 0) is 6.42 Å². The molecule has 0 heterocycles. The first-order valence-corrected chi connectivity index (χ1v) is 10.4. The summed E-state index contributed by atoms with van der Waals surface area (Å²) >= 11 is 12.7. The van der Waals surface area contributed by atoms with E-state index in [1.54, 1.807) is 6.07 Å². The lowest BCUT2D eigenvalue weighted by Crippen LogP contribution is -2.26. The molecule has 0 saturated carbocycles. The summed E-state index contributed by atoms with van der Waals surface area (Å²) in [6.45, 7) is 0.160. The van der Waals surface area contributed by atoms with Crippen LogP contribution in [0.4, 0.5) is 0 Å². The summed E-state index contributed by atoms with van der Waals surface area (Å²) < 4.78 is 0. The SMILES string of the molecule is O=C(NCCO)c1cccc(-c2ccc3c(c2)C(c2cc(Cl)ccc2Cl)CC3)c1. The molecule has 1 atom stereocenters. The van der Waals surface area contributed by atoms with Crippen molar-refractivity contribution in [2.24, 2.45) is 0 Å². The number of benzene rings is 3. The first-order chi connectivity index (χ1) is 14.1. The standard InChI is InChI=1S/C24H21Cl2NO2/c25-19-7-9-23(26)22(14-19)20-8-6-15-4-5-17(13-21(15)20)16-2-1-3-18(12-16)24(29)27-10-11-28/h1-5,7,9,12-14,20,28H,6,8,10-11H2,(H,27,29). The highest BCUT2D eigenvalue weighted by atomic mass is 35.5. The van der Waals surface area contributed by atoms with E-state index in [0.29, 0.717) is 10.6 Å². The highest BCUT2D eigenvalue weighted by Crippen LogP contribution is 2.43. The van der Waals surface area contributed by atoms with Crippen LogP contribution in [0.15, 0.2) is 60.7 Å². The van der Waals surface area contributed by atoms with Crippen LogP contribution in [0.25, 0.3) is 11.1 Å². The van der Waals surface area contributed by atoms with E-state index in [4.69, 9.17) is 28.3 Å². The lowest BCUT2D eigenvalue weighted by molar-refractivity contribution is 0.0945. The maximum absolute atomic E-state index is 12.2. The summed E-state index contributed by atoms with van der Waals surface area (Å²) in [4.78, 5) is 12.2. The quantitative estimate of drug-likeness (QED) is 0.569. The monoisotopic (exact) mass is 425 g/mol. The summed E-state index contributed by atoms with van der Waals surface area (Å²) in [6.07, 6.45) is 2.01. The average Bonchev–Trinajstić information content (AvgIpc) is 3.17. The molecule has 148 valence electrons. The Bertz CT molecular complexity index is 1060. The Morgan fingerprint density at radius 1 is 1.00 bits per heavy atom. The van der Waals surface area contributed by atoms with Crippen LogP contribution in [-0.4, -0.2) is 24.2 Å². The molecule has 1 aliphatic rings. The van der Waals surface area contributed by atoms with E-state index in [0.717, 1.165) is 34.6 Å². The molecule has 0 bridgehead atoms. The van der Waals surface area contributed by atoms with E-state index in [9.17, 15) is 4.79 Å². The zero-order chi connectivity index (χ0) is 20.4. The highest BCUT2D eigenvalue weighted by molar-refractivity contribution is 6.33. The number of amides is 1. The van der Waals surface area contributed by atoms with Crippen LogP contribution in [0.1, 0.15) is 39.4 Å². The number of halogens is 2. The van der Waals surface area contributed by atoms with Gasteiger partial charge in [-0.1, -0.05) is 53.5 Å². The normalized spacial score (nSPS) is 15.2. The number of aliphatic hydroxyl groups is 1. The van der Waals surface area contributed by atoms with E-state index < -0.39 is 0 Å². The van der Waals surface area contributed by atoms with Crippen molar-refractivity contribution in [2.75, 3.05) is 13.2 Å². The van der Waals surface area contributed by atoms with E-state index in [-0.39, 0.29) is 25.0 Å². The number of aryl methyl sites for hydroxylation is 1. The number of nitrogens with one attached hydrogen (secondary N) is 1. The Kier molecular flexibility index (Phi) is 5.91. The minimum Gasteiger partial charge on any atom is -0.395 e. The van der Waals surface area contributed by atoms with Gasteiger partial charge in [-0.25, -0.2) is 0 Å². The fourth-order valence-corrected chi connectivity index (χ4v) is 4.43. The van der Waals surface area contributed by atoms with Crippen molar-refractivity contribution in [3.8, 4) is 11.1 Å². The lowest BCUT2D eigenvalue weighted by atomic mass is 9.90. The zero-order valence-electron chi connectivity index (χ0n) is 15.8. The smallest absolute Gasteiger partial charge is 0.251 e. The fourth-order valence-electron chi connectivity index (χ4n) is 4.00. The molecule has 0 spiro atoms. The molecule has 0 radical (unpaired) electrons. The van der Waals surface area contributed by atoms with Crippen LogP contribution >= 0.6 is 23.2 Å². The summed E-state index contributed by atoms with van der Waals surface area (Å²) in [6, 6.07) is 19.6. The Hall–Kier alpha value is -2.33. The van der Waals surface area contributed by atoms with E-state index >= 15 is 0 Å². The van der Waals surface area contributed by atoms with Crippen molar-refractivity contribution in [1.82, 2.24) is 5.32 Å². The van der Waals surface area contributed by atoms with Crippen LogP contribution < -0.4 is 5.32 Å². The third-order valence-corrected chi connectivity index (χ3v) is 5.99. The molecule has 5 heteroatoms. The Labute approximate surface area is 180 Å². The van der Waals surface area contributed by atoms with Crippen LogP contribution in [0.3, 0.4) is 0 Å². The molecule has 0 aromatic heterocycles. The van der Waals surface area contributed by atoms with Crippen LogP contribution in [0, 0.1) is 0 Å². The van der Waals surface area contributed by atoms with Gasteiger partial charge in [0.05, 0.1) is 6.61 Å². The summed E-state index contributed by atoms with van der Waals surface area (Å²) in [5, 5.41) is 13.0. The third kappa shape index (κ3) is 4.18. The molecule has 3 aromatic rings. The van der Waals surface area contributed by atoms with Gasteiger partial charge in [-0.2, -0.15) is 0 Å². The topological polar surface area (TPSA) is 49.3 Å². The number of fused-ring (bicyclic) bond motifs is 1. The summed E-state index contributed by atoms with van der Waals surface area (Å²) in [5.74, 6) is 0.0258. The third-order valence-electron chi connectivity index (χ3n) is 5.41.